The van der Waals surface area contributed by atoms with Crippen LogP contribution in [0, 0.1) is 5.92 Å². The van der Waals surface area contributed by atoms with Crippen molar-refractivity contribution >= 4 is 5.97 Å². The first-order valence-corrected chi connectivity index (χ1v) is 3.66. The fourth-order valence-electron chi connectivity index (χ4n) is 0.678. The van der Waals surface area contributed by atoms with E-state index in [0.717, 1.165) is 6.42 Å². The molecule has 2 heteroatoms. The van der Waals surface area contributed by atoms with Crippen molar-refractivity contribution in [3.63, 3.8) is 0 Å². The molecule has 0 aromatic rings. The maximum Gasteiger partial charge on any atom is 0.313 e. The van der Waals surface area contributed by atoms with E-state index in [4.69, 9.17) is 4.74 Å². The molecular formula is C9H14O2. The van der Waals surface area contributed by atoms with Crippen LogP contribution in [-0.2, 0) is 9.53 Å². The van der Waals surface area contributed by atoms with Gasteiger partial charge >= 0.3 is 5.97 Å². The number of hydrogen-bond acceptors (Lipinski definition) is 2. The average Bonchev–Trinajstić information content (AvgIpc) is 2.03. The molecule has 0 N–H and O–H groups in total. The molecule has 11 heavy (non-hydrogen) atoms. The van der Waals surface area contributed by atoms with E-state index in [-0.39, 0.29) is 18.5 Å². The Morgan fingerprint density at radius 3 is 2.64 bits per heavy atom. The van der Waals surface area contributed by atoms with Gasteiger partial charge in [-0.05, 0) is 6.42 Å². The lowest BCUT2D eigenvalue weighted by molar-refractivity contribution is -0.145. The van der Waals surface area contributed by atoms with Crippen LogP contribution in [0.4, 0.5) is 0 Å². The second kappa shape index (κ2) is 5.71. The second-order valence-corrected chi connectivity index (χ2v) is 2.17. The van der Waals surface area contributed by atoms with Gasteiger partial charge in [-0.2, -0.15) is 0 Å². The molecule has 0 saturated heterocycles. The summed E-state index contributed by atoms with van der Waals surface area (Å²) in [5.41, 5.74) is 0. The largest absolute Gasteiger partial charge is 0.461 e. The molecule has 0 spiro atoms. The first-order chi connectivity index (χ1) is 5.26. The summed E-state index contributed by atoms with van der Waals surface area (Å²) < 4.78 is 4.81. The lowest BCUT2D eigenvalue weighted by atomic mass is 10.1. The third kappa shape index (κ3) is 3.61. The van der Waals surface area contributed by atoms with Crippen molar-refractivity contribution in [1.29, 1.82) is 0 Å². The molecule has 0 unspecified atom stereocenters. The van der Waals surface area contributed by atoms with Gasteiger partial charge in [-0.25, -0.2) is 0 Å². The zero-order chi connectivity index (χ0) is 8.69. The molecule has 0 radical (unpaired) electrons. The lowest BCUT2D eigenvalue weighted by Crippen LogP contribution is -2.14. The molecule has 0 fully saturated rings. The van der Waals surface area contributed by atoms with Gasteiger partial charge in [-0.1, -0.05) is 25.7 Å². The Morgan fingerprint density at radius 2 is 2.27 bits per heavy atom. The Kier molecular flexibility index (Phi) is 5.17. The van der Waals surface area contributed by atoms with Crippen molar-refractivity contribution in [3.8, 4) is 0 Å². The van der Waals surface area contributed by atoms with Gasteiger partial charge in [-0.3, -0.25) is 4.79 Å². The molecule has 0 saturated carbocycles. The first kappa shape index (κ1) is 9.95. The SMILES string of the molecule is C=CCOC(=O)[C@@H](C=C)CC. The number of esters is 1. The topological polar surface area (TPSA) is 26.3 Å². The molecule has 0 rings (SSSR count). The highest BCUT2D eigenvalue weighted by Gasteiger charge is 2.12. The van der Waals surface area contributed by atoms with Crippen molar-refractivity contribution in [3.05, 3.63) is 25.3 Å². The Morgan fingerprint density at radius 1 is 1.64 bits per heavy atom. The van der Waals surface area contributed by atoms with E-state index >= 15 is 0 Å². The molecule has 0 aromatic carbocycles. The molecule has 62 valence electrons. The maximum atomic E-state index is 11.0. The number of rotatable bonds is 5. The maximum absolute atomic E-state index is 11.0. The molecule has 0 aliphatic heterocycles. The number of carbonyl (C=O) groups is 1. The fraction of sp³-hybridized carbons (Fsp3) is 0.444. The molecule has 1 atom stereocenters. The van der Waals surface area contributed by atoms with E-state index in [1.54, 1.807) is 12.2 Å². The van der Waals surface area contributed by atoms with E-state index in [9.17, 15) is 4.79 Å². The minimum absolute atomic E-state index is 0.171. The van der Waals surface area contributed by atoms with Crippen molar-refractivity contribution in [2.45, 2.75) is 13.3 Å². The van der Waals surface area contributed by atoms with Gasteiger partial charge in [0.15, 0.2) is 0 Å². The van der Waals surface area contributed by atoms with Crippen LogP contribution >= 0.6 is 0 Å². The standard InChI is InChI=1S/C9H14O2/c1-4-7-11-9(10)8(5-2)6-3/h4-5,8H,1-2,6-7H2,3H3/t8-/m0/s1. The summed E-state index contributed by atoms with van der Waals surface area (Å²) in [6.07, 6.45) is 3.89. The van der Waals surface area contributed by atoms with Gasteiger partial charge in [0.1, 0.15) is 6.61 Å². The fourth-order valence-corrected chi connectivity index (χ4v) is 0.678. The van der Waals surface area contributed by atoms with Crippen LogP contribution in [0.1, 0.15) is 13.3 Å². The van der Waals surface area contributed by atoms with Crippen LogP contribution < -0.4 is 0 Å². The van der Waals surface area contributed by atoms with Crippen LogP contribution in [0.5, 0.6) is 0 Å². The van der Waals surface area contributed by atoms with Crippen molar-refractivity contribution < 1.29 is 9.53 Å². The molecule has 0 amide bonds. The van der Waals surface area contributed by atoms with Crippen molar-refractivity contribution in [2.75, 3.05) is 6.61 Å². The number of ether oxygens (including phenoxy) is 1. The van der Waals surface area contributed by atoms with Crippen LogP contribution in [0.25, 0.3) is 0 Å². The molecule has 0 aliphatic rings. The van der Waals surface area contributed by atoms with Gasteiger partial charge in [0.05, 0.1) is 5.92 Å². The third-order valence-corrected chi connectivity index (χ3v) is 1.37. The monoisotopic (exact) mass is 154 g/mol. The van der Waals surface area contributed by atoms with Crippen LogP contribution in [0.2, 0.25) is 0 Å². The Labute approximate surface area is 67.6 Å². The van der Waals surface area contributed by atoms with E-state index in [1.165, 1.54) is 0 Å². The molecule has 0 aromatic heterocycles. The molecule has 0 aliphatic carbocycles. The van der Waals surface area contributed by atoms with E-state index < -0.39 is 0 Å². The lowest BCUT2D eigenvalue weighted by Gasteiger charge is -2.07. The first-order valence-electron chi connectivity index (χ1n) is 3.66. The normalized spacial score (nSPS) is 11.7. The zero-order valence-corrected chi connectivity index (χ0v) is 6.88. The number of carbonyl (C=O) groups excluding carboxylic acids is 1. The average molecular weight is 154 g/mol. The third-order valence-electron chi connectivity index (χ3n) is 1.37. The molecule has 2 nitrogen and oxygen atoms in total. The highest BCUT2D eigenvalue weighted by molar-refractivity contribution is 5.74. The quantitative estimate of drug-likeness (QED) is 0.446. The summed E-state index contributed by atoms with van der Waals surface area (Å²) in [6.45, 7) is 9.17. The minimum atomic E-state index is -0.220. The molecule has 0 heterocycles. The summed E-state index contributed by atoms with van der Waals surface area (Å²) in [6, 6.07) is 0. The summed E-state index contributed by atoms with van der Waals surface area (Å²) >= 11 is 0. The predicted molar refractivity (Wildman–Crippen MR) is 45.1 cm³/mol. The van der Waals surface area contributed by atoms with E-state index in [1.807, 2.05) is 6.92 Å². The van der Waals surface area contributed by atoms with Crippen LogP contribution in [0.15, 0.2) is 25.3 Å². The predicted octanol–water partition coefficient (Wildman–Crippen LogP) is 1.93. The summed E-state index contributed by atoms with van der Waals surface area (Å²) in [5, 5.41) is 0. The summed E-state index contributed by atoms with van der Waals surface area (Å²) in [7, 11) is 0. The van der Waals surface area contributed by atoms with Gasteiger partial charge in [0.25, 0.3) is 0 Å². The Hall–Kier alpha value is -1.05. The highest BCUT2D eigenvalue weighted by Crippen LogP contribution is 2.05. The minimum Gasteiger partial charge on any atom is -0.461 e. The van der Waals surface area contributed by atoms with E-state index in [0.29, 0.717) is 0 Å². The zero-order valence-electron chi connectivity index (χ0n) is 6.88. The Bertz CT molecular complexity index is 150. The van der Waals surface area contributed by atoms with Gasteiger partial charge in [0, 0.05) is 0 Å². The smallest absolute Gasteiger partial charge is 0.313 e. The Balaban J connectivity index is 3.78. The van der Waals surface area contributed by atoms with Gasteiger partial charge < -0.3 is 4.74 Å². The summed E-state index contributed by atoms with van der Waals surface area (Å²) in [5.74, 6) is -0.391. The van der Waals surface area contributed by atoms with Crippen molar-refractivity contribution in [2.24, 2.45) is 5.92 Å². The van der Waals surface area contributed by atoms with Gasteiger partial charge in [0.2, 0.25) is 0 Å². The van der Waals surface area contributed by atoms with Gasteiger partial charge in [-0.15, -0.1) is 6.58 Å². The number of hydrogen-bond donors (Lipinski definition) is 0. The van der Waals surface area contributed by atoms with Crippen LogP contribution in [0.3, 0.4) is 0 Å². The molecule has 0 bridgehead atoms. The second-order valence-electron chi connectivity index (χ2n) is 2.17. The highest BCUT2D eigenvalue weighted by atomic mass is 16.5. The summed E-state index contributed by atoms with van der Waals surface area (Å²) in [4.78, 5) is 11.0. The van der Waals surface area contributed by atoms with Crippen LogP contribution in [-0.4, -0.2) is 12.6 Å². The molecular weight excluding hydrogens is 140 g/mol. The van der Waals surface area contributed by atoms with Crippen molar-refractivity contribution in [1.82, 2.24) is 0 Å². The van der Waals surface area contributed by atoms with E-state index in [2.05, 4.69) is 13.2 Å².